The van der Waals surface area contributed by atoms with Crippen LogP contribution in [0, 0.1) is 0 Å². The van der Waals surface area contributed by atoms with Crippen LogP contribution in [-0.2, 0) is 9.53 Å². The summed E-state index contributed by atoms with van der Waals surface area (Å²) in [6.45, 7) is 1.76. The number of esters is 1. The number of carbonyl (C=O) groups excluding carboxylic acids is 1. The number of benzene rings is 2. The van der Waals surface area contributed by atoms with Crippen molar-refractivity contribution in [2.24, 2.45) is 0 Å². The second-order valence-corrected chi connectivity index (χ2v) is 5.72. The topological polar surface area (TPSA) is 46.5 Å². The van der Waals surface area contributed by atoms with Gasteiger partial charge in [-0.15, -0.1) is 0 Å². The molecule has 2 aromatic carbocycles. The first-order chi connectivity index (χ1) is 12.2. The van der Waals surface area contributed by atoms with Gasteiger partial charge in [0.25, 0.3) is 0 Å². The molecule has 130 valence electrons. The highest BCUT2D eigenvalue weighted by Gasteiger charge is 2.14. The Morgan fingerprint density at radius 2 is 1.48 bits per heavy atom. The van der Waals surface area contributed by atoms with E-state index in [9.17, 15) is 9.90 Å². The Labute approximate surface area is 149 Å². The van der Waals surface area contributed by atoms with Gasteiger partial charge in [0, 0.05) is 12.8 Å². The summed E-state index contributed by atoms with van der Waals surface area (Å²) in [5.41, 5.74) is 2.04. The van der Waals surface area contributed by atoms with E-state index in [1.165, 1.54) is 0 Å². The summed E-state index contributed by atoms with van der Waals surface area (Å²) in [5.74, 6) is -0.276. The largest absolute Gasteiger partial charge is 0.458 e. The molecular weight excluding hydrogens is 312 g/mol. The molecule has 0 aliphatic heterocycles. The molecule has 0 radical (unpaired) electrons. The maximum Gasteiger partial charge on any atom is 0.306 e. The highest BCUT2D eigenvalue weighted by atomic mass is 16.5. The molecule has 2 atom stereocenters. The average Bonchev–Trinajstić information content (AvgIpc) is 2.66. The number of aliphatic hydroxyl groups is 1. The molecule has 3 heteroatoms. The quantitative estimate of drug-likeness (QED) is 0.723. The van der Waals surface area contributed by atoms with Crippen LogP contribution in [0.3, 0.4) is 0 Å². The molecule has 0 aliphatic rings. The van der Waals surface area contributed by atoms with Gasteiger partial charge in [-0.1, -0.05) is 85.8 Å². The number of hydrogen-bond donors (Lipinski definition) is 1. The highest BCUT2D eigenvalue weighted by molar-refractivity contribution is 5.69. The van der Waals surface area contributed by atoms with Gasteiger partial charge >= 0.3 is 5.97 Å². The molecule has 0 unspecified atom stereocenters. The molecule has 2 aromatic rings. The number of rotatable bonds is 8. The molecule has 0 saturated heterocycles. The summed E-state index contributed by atoms with van der Waals surface area (Å²) in [6.07, 6.45) is 6.77. The average molecular weight is 336 g/mol. The lowest BCUT2D eigenvalue weighted by Crippen LogP contribution is -2.20. The first-order valence-electron chi connectivity index (χ1n) is 8.51. The lowest BCUT2D eigenvalue weighted by Gasteiger charge is -2.16. The fourth-order valence-corrected chi connectivity index (χ4v) is 2.30. The van der Waals surface area contributed by atoms with Crippen molar-refractivity contribution in [3.63, 3.8) is 0 Å². The van der Waals surface area contributed by atoms with Crippen LogP contribution in [0.5, 0.6) is 0 Å². The van der Waals surface area contributed by atoms with Crippen molar-refractivity contribution >= 4 is 18.1 Å². The van der Waals surface area contributed by atoms with Crippen LogP contribution >= 0.6 is 0 Å². The fraction of sp³-hybridized carbons (Fsp3) is 0.227. The summed E-state index contributed by atoms with van der Waals surface area (Å²) in [6, 6.07) is 19.6. The molecule has 0 saturated carbocycles. The van der Waals surface area contributed by atoms with Crippen molar-refractivity contribution in [3.05, 3.63) is 83.9 Å². The summed E-state index contributed by atoms with van der Waals surface area (Å²) < 4.78 is 5.42. The first-order valence-corrected chi connectivity index (χ1v) is 8.51. The van der Waals surface area contributed by atoms with E-state index in [1.54, 1.807) is 13.0 Å². The highest BCUT2D eigenvalue weighted by Crippen LogP contribution is 2.12. The Balaban J connectivity index is 2.00. The van der Waals surface area contributed by atoms with Crippen LogP contribution in [0.15, 0.2) is 72.8 Å². The van der Waals surface area contributed by atoms with Gasteiger partial charge in [0.1, 0.15) is 6.10 Å². The zero-order valence-corrected chi connectivity index (χ0v) is 14.4. The third-order valence-electron chi connectivity index (χ3n) is 3.66. The van der Waals surface area contributed by atoms with E-state index in [0.29, 0.717) is 12.8 Å². The summed E-state index contributed by atoms with van der Waals surface area (Å²) in [5, 5.41) is 10.3. The van der Waals surface area contributed by atoms with Crippen molar-refractivity contribution in [1.82, 2.24) is 0 Å². The van der Waals surface area contributed by atoms with Crippen molar-refractivity contribution in [1.29, 1.82) is 0 Å². The number of carbonyl (C=O) groups is 1. The molecule has 0 heterocycles. The van der Waals surface area contributed by atoms with E-state index in [4.69, 9.17) is 4.74 Å². The number of ether oxygens (including phenoxy) is 1. The zero-order chi connectivity index (χ0) is 17.9. The third-order valence-corrected chi connectivity index (χ3v) is 3.66. The van der Waals surface area contributed by atoms with E-state index in [-0.39, 0.29) is 5.97 Å². The minimum Gasteiger partial charge on any atom is -0.458 e. The van der Waals surface area contributed by atoms with E-state index in [2.05, 4.69) is 0 Å². The predicted octanol–water partition coefficient (Wildman–Crippen LogP) is 4.49. The molecule has 2 rings (SSSR count). The van der Waals surface area contributed by atoms with Gasteiger partial charge in [-0.3, -0.25) is 4.79 Å². The molecule has 0 spiro atoms. The van der Waals surface area contributed by atoms with Crippen molar-refractivity contribution in [3.8, 4) is 0 Å². The van der Waals surface area contributed by atoms with Crippen molar-refractivity contribution < 1.29 is 14.6 Å². The van der Waals surface area contributed by atoms with Crippen LogP contribution in [0.4, 0.5) is 0 Å². The van der Waals surface area contributed by atoms with Crippen LogP contribution in [0.1, 0.15) is 30.9 Å². The zero-order valence-electron chi connectivity index (χ0n) is 14.4. The van der Waals surface area contributed by atoms with E-state index < -0.39 is 12.2 Å². The van der Waals surface area contributed by atoms with E-state index >= 15 is 0 Å². The standard InChI is InChI=1S/C22H24O3/c1-2-22(24)25-21(16-14-19-11-7-4-8-12-19)17-20(23)15-13-18-9-5-3-6-10-18/h3-16,20-21,23H,2,17H2,1H3/b15-13+,16-14+/t20-,21+/m0/s1. The Kier molecular flexibility index (Phi) is 7.67. The second-order valence-electron chi connectivity index (χ2n) is 5.72. The molecule has 0 bridgehead atoms. The predicted molar refractivity (Wildman–Crippen MR) is 102 cm³/mol. The van der Waals surface area contributed by atoms with Gasteiger partial charge in [0.15, 0.2) is 0 Å². The summed E-state index contributed by atoms with van der Waals surface area (Å²) >= 11 is 0. The first kappa shape index (κ1) is 18.7. The van der Waals surface area contributed by atoms with E-state index in [1.807, 2.05) is 78.9 Å². The maximum absolute atomic E-state index is 11.6. The fourth-order valence-electron chi connectivity index (χ4n) is 2.30. The molecule has 1 N–H and O–H groups in total. The van der Waals surface area contributed by atoms with Crippen LogP contribution in [0.2, 0.25) is 0 Å². The Morgan fingerprint density at radius 3 is 2.00 bits per heavy atom. The SMILES string of the molecule is CCC(=O)O[C@H](/C=C/c1ccccc1)C[C@@H](O)/C=C/c1ccccc1. The van der Waals surface area contributed by atoms with Crippen molar-refractivity contribution in [2.75, 3.05) is 0 Å². The molecule has 0 fully saturated rings. The molecular formula is C22H24O3. The van der Waals surface area contributed by atoms with Gasteiger partial charge in [0.2, 0.25) is 0 Å². The van der Waals surface area contributed by atoms with Gasteiger partial charge in [0.05, 0.1) is 6.10 Å². The summed E-state index contributed by atoms with van der Waals surface area (Å²) in [4.78, 5) is 11.6. The smallest absolute Gasteiger partial charge is 0.306 e. The number of aliphatic hydroxyl groups excluding tert-OH is 1. The van der Waals surface area contributed by atoms with Gasteiger partial charge < -0.3 is 9.84 Å². The molecule has 0 aliphatic carbocycles. The number of hydrogen-bond acceptors (Lipinski definition) is 3. The Hall–Kier alpha value is -2.65. The maximum atomic E-state index is 11.6. The molecule has 0 amide bonds. The third kappa shape index (κ3) is 7.19. The monoisotopic (exact) mass is 336 g/mol. The van der Waals surface area contributed by atoms with Gasteiger partial charge in [-0.05, 0) is 17.2 Å². The minimum atomic E-state index is -0.699. The van der Waals surface area contributed by atoms with Crippen molar-refractivity contribution in [2.45, 2.75) is 32.0 Å². The van der Waals surface area contributed by atoms with Gasteiger partial charge in [-0.2, -0.15) is 0 Å². The summed E-state index contributed by atoms with van der Waals surface area (Å²) in [7, 11) is 0. The minimum absolute atomic E-state index is 0.276. The van der Waals surface area contributed by atoms with Crippen LogP contribution in [-0.4, -0.2) is 23.3 Å². The van der Waals surface area contributed by atoms with Crippen LogP contribution < -0.4 is 0 Å². The normalized spacial score (nSPS) is 13.8. The van der Waals surface area contributed by atoms with Gasteiger partial charge in [-0.25, -0.2) is 0 Å². The molecule has 25 heavy (non-hydrogen) atoms. The molecule has 0 aromatic heterocycles. The second kappa shape index (κ2) is 10.3. The molecule has 3 nitrogen and oxygen atoms in total. The van der Waals surface area contributed by atoms with E-state index in [0.717, 1.165) is 11.1 Å². The Bertz CT molecular complexity index is 690. The lowest BCUT2D eigenvalue weighted by molar-refractivity contribution is -0.147. The van der Waals surface area contributed by atoms with Crippen LogP contribution in [0.25, 0.3) is 12.2 Å². The Morgan fingerprint density at radius 1 is 0.960 bits per heavy atom. The lowest BCUT2D eigenvalue weighted by atomic mass is 10.1.